The van der Waals surface area contributed by atoms with Crippen molar-refractivity contribution < 1.29 is 13.5 Å². The highest BCUT2D eigenvalue weighted by atomic mass is 32.1. The molecule has 5 heteroatoms. The summed E-state index contributed by atoms with van der Waals surface area (Å²) < 4.78 is 28.4. The Hall–Kier alpha value is -1.46. The Bertz CT molecular complexity index is 514. The molecule has 0 amide bonds. The fraction of sp³-hybridized carbons (Fsp3) is 0.375. The van der Waals surface area contributed by atoms with E-state index in [9.17, 15) is 8.78 Å². The Labute approximate surface area is 127 Å². The zero-order chi connectivity index (χ0) is 15.1. The van der Waals surface area contributed by atoms with Gasteiger partial charge in [-0.3, -0.25) is 0 Å². The van der Waals surface area contributed by atoms with E-state index in [0.717, 1.165) is 24.9 Å². The van der Waals surface area contributed by atoms with E-state index in [1.165, 1.54) is 4.88 Å². The quantitative estimate of drug-likeness (QED) is 0.777. The molecule has 1 atom stereocenters. The minimum absolute atomic E-state index is 0.206. The predicted octanol–water partition coefficient (Wildman–Crippen LogP) is 4.46. The Morgan fingerprint density at radius 1 is 1.19 bits per heavy atom. The number of halogens is 2. The zero-order valence-electron chi connectivity index (χ0n) is 11.9. The van der Waals surface area contributed by atoms with Crippen LogP contribution in [0.3, 0.4) is 0 Å². The third-order valence-corrected chi connectivity index (χ3v) is 4.10. The minimum atomic E-state index is -2.77. The summed E-state index contributed by atoms with van der Waals surface area (Å²) in [6.07, 6.45) is 1.91. The molecule has 1 unspecified atom stereocenters. The van der Waals surface area contributed by atoms with E-state index in [2.05, 4.69) is 34.5 Å². The van der Waals surface area contributed by atoms with Gasteiger partial charge in [-0.05, 0) is 48.9 Å². The number of ether oxygens (including phenoxy) is 1. The molecule has 2 rings (SSSR count). The van der Waals surface area contributed by atoms with Gasteiger partial charge < -0.3 is 10.1 Å². The molecule has 2 aromatic rings. The van der Waals surface area contributed by atoms with Crippen molar-refractivity contribution in [3.63, 3.8) is 0 Å². The number of hydrogen-bond acceptors (Lipinski definition) is 3. The second-order valence-electron chi connectivity index (χ2n) is 4.92. The minimum Gasteiger partial charge on any atom is -0.435 e. The number of thiophene rings is 1. The van der Waals surface area contributed by atoms with E-state index >= 15 is 0 Å². The first-order chi connectivity index (χ1) is 10.1. The number of alkyl halides is 2. The largest absolute Gasteiger partial charge is 0.435 e. The highest BCUT2D eigenvalue weighted by molar-refractivity contribution is 7.09. The summed E-state index contributed by atoms with van der Waals surface area (Å²) in [5.74, 6) is 0.206. The summed E-state index contributed by atoms with van der Waals surface area (Å²) in [5.41, 5.74) is 1.13. The summed E-state index contributed by atoms with van der Waals surface area (Å²) in [5, 5.41) is 5.55. The Kier molecular flexibility index (Phi) is 6.14. The van der Waals surface area contributed by atoms with Gasteiger partial charge in [-0.25, -0.2) is 0 Å². The third-order valence-electron chi connectivity index (χ3n) is 3.22. The van der Waals surface area contributed by atoms with Crippen LogP contribution in [0.5, 0.6) is 5.75 Å². The van der Waals surface area contributed by atoms with E-state index in [4.69, 9.17) is 0 Å². The van der Waals surface area contributed by atoms with E-state index in [0.29, 0.717) is 6.04 Å². The first-order valence-corrected chi connectivity index (χ1v) is 7.81. The summed E-state index contributed by atoms with van der Waals surface area (Å²) in [4.78, 5) is 1.33. The topological polar surface area (TPSA) is 21.3 Å². The van der Waals surface area contributed by atoms with Gasteiger partial charge in [0.1, 0.15) is 5.75 Å². The zero-order valence-corrected chi connectivity index (χ0v) is 12.7. The standard InChI is InChI=1S/C16H19F2NOS/c1-12(19-11-15-3-2-10-21-15)4-5-13-6-8-14(9-7-13)20-16(17)18/h2-3,6-10,12,16,19H,4-5,11H2,1H3. The van der Waals surface area contributed by atoms with Gasteiger partial charge in [-0.2, -0.15) is 8.78 Å². The van der Waals surface area contributed by atoms with Gasteiger partial charge in [0.05, 0.1) is 0 Å². The Morgan fingerprint density at radius 2 is 1.95 bits per heavy atom. The van der Waals surface area contributed by atoms with Crippen LogP contribution in [0.2, 0.25) is 0 Å². The highest BCUT2D eigenvalue weighted by Gasteiger charge is 2.05. The second kappa shape index (κ2) is 8.10. The van der Waals surface area contributed by atoms with Crippen LogP contribution in [0, 0.1) is 0 Å². The van der Waals surface area contributed by atoms with Crippen molar-refractivity contribution in [2.45, 2.75) is 39.0 Å². The van der Waals surface area contributed by atoms with Gasteiger partial charge in [-0.1, -0.05) is 18.2 Å². The molecule has 0 saturated heterocycles. The van der Waals surface area contributed by atoms with Crippen molar-refractivity contribution in [2.75, 3.05) is 0 Å². The van der Waals surface area contributed by atoms with Gasteiger partial charge in [-0.15, -0.1) is 11.3 Å². The maximum absolute atomic E-state index is 12.0. The second-order valence-corrected chi connectivity index (χ2v) is 5.95. The maximum atomic E-state index is 12.0. The molecule has 21 heavy (non-hydrogen) atoms. The summed E-state index contributed by atoms with van der Waals surface area (Å²) in [6, 6.07) is 11.4. The van der Waals surface area contributed by atoms with Crippen LogP contribution in [0.15, 0.2) is 41.8 Å². The van der Waals surface area contributed by atoms with Crippen molar-refractivity contribution in [1.82, 2.24) is 5.32 Å². The lowest BCUT2D eigenvalue weighted by Crippen LogP contribution is -2.25. The molecule has 0 spiro atoms. The number of aryl methyl sites for hydroxylation is 1. The monoisotopic (exact) mass is 311 g/mol. The molecule has 0 fully saturated rings. The van der Waals surface area contributed by atoms with Gasteiger partial charge in [0.25, 0.3) is 0 Å². The molecule has 1 aromatic heterocycles. The van der Waals surface area contributed by atoms with Crippen molar-refractivity contribution >= 4 is 11.3 Å². The molecule has 0 aliphatic heterocycles. The molecule has 1 N–H and O–H groups in total. The summed E-state index contributed by atoms with van der Waals surface area (Å²) >= 11 is 1.75. The van der Waals surface area contributed by atoms with Gasteiger partial charge in [0.15, 0.2) is 0 Å². The van der Waals surface area contributed by atoms with Crippen molar-refractivity contribution in [3.8, 4) is 5.75 Å². The molecule has 1 aromatic carbocycles. The molecule has 0 radical (unpaired) electrons. The molecular formula is C16H19F2NOS. The number of nitrogens with one attached hydrogen (secondary N) is 1. The third kappa shape index (κ3) is 5.81. The van der Waals surface area contributed by atoms with Crippen LogP contribution in [0.4, 0.5) is 8.78 Å². The van der Waals surface area contributed by atoms with Crippen molar-refractivity contribution in [3.05, 3.63) is 52.2 Å². The van der Waals surface area contributed by atoms with Crippen LogP contribution in [0.1, 0.15) is 23.8 Å². The summed E-state index contributed by atoms with van der Waals surface area (Å²) in [7, 11) is 0. The molecule has 0 saturated carbocycles. The predicted molar refractivity (Wildman–Crippen MR) is 82.0 cm³/mol. The first-order valence-electron chi connectivity index (χ1n) is 6.93. The lowest BCUT2D eigenvalue weighted by atomic mass is 10.1. The fourth-order valence-electron chi connectivity index (χ4n) is 2.01. The van der Waals surface area contributed by atoms with Crippen LogP contribution >= 0.6 is 11.3 Å². The molecule has 0 aliphatic rings. The lowest BCUT2D eigenvalue weighted by molar-refractivity contribution is -0.0498. The van der Waals surface area contributed by atoms with E-state index < -0.39 is 6.61 Å². The fourth-order valence-corrected chi connectivity index (χ4v) is 2.67. The Morgan fingerprint density at radius 3 is 2.57 bits per heavy atom. The number of benzene rings is 1. The van der Waals surface area contributed by atoms with Crippen molar-refractivity contribution in [2.24, 2.45) is 0 Å². The lowest BCUT2D eigenvalue weighted by Gasteiger charge is -2.13. The molecule has 0 bridgehead atoms. The SMILES string of the molecule is CC(CCc1ccc(OC(F)F)cc1)NCc1cccs1. The van der Waals surface area contributed by atoms with E-state index in [1.807, 2.05) is 12.1 Å². The Balaban J connectivity index is 1.71. The number of rotatable bonds is 8. The van der Waals surface area contributed by atoms with Crippen LogP contribution < -0.4 is 10.1 Å². The first kappa shape index (κ1) is 15.9. The molecular weight excluding hydrogens is 292 g/mol. The molecule has 114 valence electrons. The van der Waals surface area contributed by atoms with E-state index in [-0.39, 0.29) is 5.75 Å². The molecule has 0 aliphatic carbocycles. The van der Waals surface area contributed by atoms with Gasteiger partial charge in [0, 0.05) is 17.5 Å². The number of hydrogen-bond donors (Lipinski definition) is 1. The van der Waals surface area contributed by atoms with E-state index in [1.54, 1.807) is 23.5 Å². The van der Waals surface area contributed by atoms with Gasteiger partial charge in [0.2, 0.25) is 0 Å². The van der Waals surface area contributed by atoms with Crippen LogP contribution in [-0.4, -0.2) is 12.7 Å². The summed E-state index contributed by atoms with van der Waals surface area (Å²) in [6.45, 7) is 0.277. The molecule has 1 heterocycles. The van der Waals surface area contributed by atoms with Gasteiger partial charge >= 0.3 is 6.61 Å². The maximum Gasteiger partial charge on any atom is 0.387 e. The highest BCUT2D eigenvalue weighted by Crippen LogP contribution is 2.16. The van der Waals surface area contributed by atoms with Crippen LogP contribution in [0.25, 0.3) is 0 Å². The molecule has 2 nitrogen and oxygen atoms in total. The average Bonchev–Trinajstić information content (AvgIpc) is 2.97. The smallest absolute Gasteiger partial charge is 0.387 e. The van der Waals surface area contributed by atoms with Crippen molar-refractivity contribution in [1.29, 1.82) is 0 Å². The normalized spacial score (nSPS) is 12.6. The van der Waals surface area contributed by atoms with Crippen LogP contribution in [-0.2, 0) is 13.0 Å². The average molecular weight is 311 g/mol.